The summed E-state index contributed by atoms with van der Waals surface area (Å²) in [6.07, 6.45) is -6.52. The van der Waals surface area contributed by atoms with Crippen LogP contribution < -0.4 is 0 Å². The zero-order valence-electron chi connectivity index (χ0n) is 5.14. The topological polar surface area (TPSA) is 57.5 Å². The van der Waals surface area contributed by atoms with Crippen molar-refractivity contribution in [3.8, 4) is 0 Å². The van der Waals surface area contributed by atoms with Gasteiger partial charge in [0.2, 0.25) is 0 Å². The summed E-state index contributed by atoms with van der Waals surface area (Å²) in [6.45, 7) is 1.08. The Morgan fingerprint density at radius 1 is 1.40 bits per heavy atom. The van der Waals surface area contributed by atoms with E-state index < -0.39 is 18.8 Å². The number of halogens is 3. The average Bonchev–Trinajstić information content (AvgIpc) is 1.63. The second-order valence-electron chi connectivity index (χ2n) is 1.25. The highest BCUT2D eigenvalue weighted by Crippen LogP contribution is 2.17. The third kappa shape index (κ3) is 61.1. The zero-order valence-corrected chi connectivity index (χ0v) is 5.14. The minimum atomic E-state index is -3.96. The molecule has 10 heavy (non-hydrogen) atoms. The van der Waals surface area contributed by atoms with Crippen LogP contribution in [0.2, 0.25) is 0 Å². The highest BCUT2D eigenvalue weighted by atomic mass is 19.4. The molecule has 0 rings (SSSR count). The van der Waals surface area contributed by atoms with Crippen molar-refractivity contribution < 1.29 is 28.2 Å². The fourth-order valence-corrected chi connectivity index (χ4v) is 0. The maximum atomic E-state index is 10.8. The van der Waals surface area contributed by atoms with Gasteiger partial charge in [-0.2, -0.15) is 13.2 Å². The number of carbonyl (C=O) groups is 1. The van der Waals surface area contributed by atoms with E-state index >= 15 is 0 Å². The molecule has 0 heterocycles. The van der Waals surface area contributed by atoms with Crippen LogP contribution in [0.1, 0.15) is 13.3 Å². The van der Waals surface area contributed by atoms with E-state index in [4.69, 9.17) is 15.0 Å². The molecule has 0 aliphatic rings. The molecule has 3 nitrogen and oxygen atoms in total. The van der Waals surface area contributed by atoms with Gasteiger partial charge in [0.15, 0.2) is 0 Å². The summed E-state index contributed by atoms with van der Waals surface area (Å²) in [5.41, 5.74) is 0. The first-order valence-electron chi connectivity index (χ1n) is 2.28. The monoisotopic (exact) mass is 160 g/mol. The summed E-state index contributed by atoms with van der Waals surface area (Å²) in [6, 6.07) is 0. The lowest BCUT2D eigenvalue weighted by Gasteiger charge is -1.96. The van der Waals surface area contributed by atoms with Crippen LogP contribution in [0.25, 0.3) is 0 Å². The summed E-state index contributed by atoms with van der Waals surface area (Å²) >= 11 is 0. The Balaban J connectivity index is 0. The molecule has 0 aromatic rings. The molecule has 0 bridgehead atoms. The number of rotatable bonds is 0. The zero-order chi connectivity index (χ0) is 8.78. The molecule has 6 heteroatoms. The lowest BCUT2D eigenvalue weighted by Crippen LogP contribution is -2.02. The highest BCUT2D eigenvalue weighted by molar-refractivity contribution is 5.53. The van der Waals surface area contributed by atoms with Gasteiger partial charge in [-0.25, -0.2) is 4.79 Å². The number of alkyl halides is 3. The van der Waals surface area contributed by atoms with Gasteiger partial charge in [0.1, 0.15) is 0 Å². The molecule has 0 radical (unpaired) electrons. The van der Waals surface area contributed by atoms with Crippen LogP contribution >= 0.6 is 0 Å². The summed E-state index contributed by atoms with van der Waals surface area (Å²) in [4.78, 5) is 8.56. The van der Waals surface area contributed by atoms with Gasteiger partial charge in [0.05, 0.1) is 0 Å². The first-order valence-corrected chi connectivity index (χ1v) is 2.28. The molecule has 0 saturated carbocycles. The third-order valence-corrected chi connectivity index (χ3v) is 0.401. The lowest BCUT2D eigenvalue weighted by atomic mass is 10.5. The van der Waals surface area contributed by atoms with E-state index in [9.17, 15) is 13.2 Å². The van der Waals surface area contributed by atoms with Gasteiger partial charge in [0.25, 0.3) is 0 Å². The largest absolute Gasteiger partial charge is 0.503 e. The second kappa shape index (κ2) is 4.89. The van der Waals surface area contributed by atoms with E-state index in [-0.39, 0.29) is 0 Å². The average molecular weight is 160 g/mol. The molecule has 0 fully saturated rings. The molecule has 62 valence electrons. The maximum Gasteiger partial charge on any atom is 0.503 e. The van der Waals surface area contributed by atoms with Gasteiger partial charge < -0.3 is 10.2 Å². The van der Waals surface area contributed by atoms with Crippen molar-refractivity contribution in [3.63, 3.8) is 0 Å². The lowest BCUT2D eigenvalue weighted by molar-refractivity contribution is -0.130. The van der Waals surface area contributed by atoms with Crippen molar-refractivity contribution >= 4 is 6.16 Å². The standard InChI is InChI=1S/C3H5F3.CH2O3/c1-2-3(4,5)6;2-1(3)4/h2H2,1H3;(H2,2,3,4). The quantitative estimate of drug-likeness (QED) is 0.570. The number of carboxylic acid groups (broad SMARTS) is 2. The highest BCUT2D eigenvalue weighted by Gasteiger charge is 2.22. The summed E-state index contributed by atoms with van der Waals surface area (Å²) in [7, 11) is 0. The molecular formula is C4H7F3O3. The van der Waals surface area contributed by atoms with E-state index in [0.29, 0.717) is 0 Å². The van der Waals surface area contributed by atoms with E-state index in [1.54, 1.807) is 0 Å². The van der Waals surface area contributed by atoms with E-state index in [0.717, 1.165) is 6.92 Å². The molecule has 0 saturated heterocycles. The van der Waals surface area contributed by atoms with Gasteiger partial charge >= 0.3 is 12.3 Å². The van der Waals surface area contributed by atoms with Gasteiger partial charge in [0, 0.05) is 6.42 Å². The SMILES string of the molecule is CCC(F)(F)F.O=C(O)O. The van der Waals surface area contributed by atoms with Crippen LogP contribution in [-0.2, 0) is 0 Å². The van der Waals surface area contributed by atoms with Crippen molar-refractivity contribution in [1.29, 1.82) is 0 Å². The molecule has 0 unspecified atom stereocenters. The Kier molecular flexibility index (Phi) is 5.78. The Bertz CT molecular complexity index is 94.4. The smallest absolute Gasteiger partial charge is 0.450 e. The minimum Gasteiger partial charge on any atom is -0.450 e. The predicted molar refractivity (Wildman–Crippen MR) is 27.0 cm³/mol. The van der Waals surface area contributed by atoms with Crippen LogP contribution in [0.5, 0.6) is 0 Å². The molecule has 0 aliphatic carbocycles. The van der Waals surface area contributed by atoms with Crippen molar-refractivity contribution in [2.24, 2.45) is 0 Å². The van der Waals surface area contributed by atoms with Crippen LogP contribution in [-0.4, -0.2) is 22.5 Å². The number of hydrogen-bond donors (Lipinski definition) is 2. The van der Waals surface area contributed by atoms with Crippen LogP contribution in [0.15, 0.2) is 0 Å². The Morgan fingerprint density at radius 2 is 1.50 bits per heavy atom. The van der Waals surface area contributed by atoms with Crippen molar-refractivity contribution in [1.82, 2.24) is 0 Å². The van der Waals surface area contributed by atoms with Crippen LogP contribution in [0.4, 0.5) is 18.0 Å². The van der Waals surface area contributed by atoms with Gasteiger partial charge in [-0.3, -0.25) is 0 Å². The van der Waals surface area contributed by atoms with E-state index in [2.05, 4.69) is 0 Å². The third-order valence-electron chi connectivity index (χ3n) is 0.401. The molecular weight excluding hydrogens is 153 g/mol. The second-order valence-corrected chi connectivity index (χ2v) is 1.25. The number of hydrogen-bond acceptors (Lipinski definition) is 1. The molecule has 0 atom stereocenters. The minimum absolute atomic E-state index is 0.729. The van der Waals surface area contributed by atoms with Gasteiger partial charge in [-0.15, -0.1) is 0 Å². The van der Waals surface area contributed by atoms with Crippen molar-refractivity contribution in [3.05, 3.63) is 0 Å². The molecule has 0 spiro atoms. The molecule has 0 amide bonds. The fourth-order valence-electron chi connectivity index (χ4n) is 0. The van der Waals surface area contributed by atoms with Crippen LogP contribution in [0, 0.1) is 0 Å². The van der Waals surface area contributed by atoms with Crippen molar-refractivity contribution in [2.75, 3.05) is 0 Å². The molecule has 0 aliphatic heterocycles. The first-order chi connectivity index (χ1) is 4.29. The first kappa shape index (κ1) is 11.8. The molecule has 2 N–H and O–H groups in total. The maximum absolute atomic E-state index is 10.8. The summed E-state index contributed by atoms with van der Waals surface area (Å²) < 4.78 is 32.4. The molecule has 0 aromatic heterocycles. The Hall–Kier alpha value is -0.940. The Labute approximate surface area is 55.1 Å². The van der Waals surface area contributed by atoms with Crippen molar-refractivity contribution in [2.45, 2.75) is 19.5 Å². The van der Waals surface area contributed by atoms with Gasteiger partial charge in [-0.1, -0.05) is 6.92 Å². The Morgan fingerprint density at radius 3 is 1.50 bits per heavy atom. The normalized spacial score (nSPS) is 9.60. The fraction of sp³-hybridized carbons (Fsp3) is 0.750. The van der Waals surface area contributed by atoms with E-state index in [1.165, 1.54) is 0 Å². The summed E-state index contributed by atoms with van der Waals surface area (Å²) in [5, 5.41) is 13.9. The summed E-state index contributed by atoms with van der Waals surface area (Å²) in [5.74, 6) is 0. The van der Waals surface area contributed by atoms with E-state index in [1.807, 2.05) is 0 Å². The van der Waals surface area contributed by atoms with Gasteiger partial charge in [-0.05, 0) is 0 Å². The predicted octanol–water partition coefficient (Wildman–Crippen LogP) is 2.18. The molecule has 0 aromatic carbocycles. The van der Waals surface area contributed by atoms with Crippen LogP contribution in [0.3, 0.4) is 0 Å².